The molecule has 0 saturated heterocycles. The maximum atomic E-state index is 12.2. The van der Waals surface area contributed by atoms with E-state index in [2.05, 4.69) is 0 Å². The van der Waals surface area contributed by atoms with Crippen molar-refractivity contribution in [2.24, 2.45) is 11.8 Å². The Kier molecular flexibility index (Phi) is 5.82. The number of allylic oxidation sites excluding steroid dienone is 1. The predicted octanol–water partition coefficient (Wildman–Crippen LogP) is 5.54. The number of carbonyl (C=O) groups excluding carboxylic acids is 1. The molecule has 0 unspecified atom stereocenters. The van der Waals surface area contributed by atoms with Crippen LogP contribution in [0.4, 0.5) is 0 Å². The summed E-state index contributed by atoms with van der Waals surface area (Å²) in [5.41, 5.74) is 0.553. The third-order valence-corrected chi connectivity index (χ3v) is 4.23. The van der Waals surface area contributed by atoms with Crippen LogP contribution in [0.25, 0.3) is 0 Å². The van der Waals surface area contributed by atoms with Crippen molar-refractivity contribution in [3.8, 4) is 17.6 Å². The molecule has 0 radical (unpaired) electrons. The predicted molar refractivity (Wildman–Crippen MR) is 98.8 cm³/mol. The van der Waals surface area contributed by atoms with Crippen molar-refractivity contribution in [2.45, 2.75) is 12.5 Å². The molecule has 6 heteroatoms. The molecule has 3 atom stereocenters. The van der Waals surface area contributed by atoms with Crippen LogP contribution in [0.15, 0.2) is 65.2 Å². The molecule has 26 heavy (non-hydrogen) atoms. The molecule has 2 aromatic carbocycles. The molecule has 1 saturated carbocycles. The fourth-order valence-corrected chi connectivity index (χ4v) is 2.89. The molecule has 0 aliphatic heterocycles. The number of nitriles is 1. The quantitative estimate of drug-likeness (QED) is 0.610. The molecular weight excluding hydrogens is 373 g/mol. The number of halogens is 2. The monoisotopic (exact) mass is 387 g/mol. The van der Waals surface area contributed by atoms with Crippen LogP contribution >= 0.6 is 23.2 Å². The summed E-state index contributed by atoms with van der Waals surface area (Å²) in [6.07, 6.45) is 1.24. The largest absolute Gasteiger partial charge is 0.457 e. The van der Waals surface area contributed by atoms with Crippen molar-refractivity contribution in [3.05, 3.63) is 70.7 Å². The van der Waals surface area contributed by atoms with Crippen LogP contribution in [0.5, 0.6) is 11.5 Å². The van der Waals surface area contributed by atoms with Gasteiger partial charge >= 0.3 is 5.97 Å². The average molecular weight is 388 g/mol. The Morgan fingerprint density at radius 1 is 1.15 bits per heavy atom. The number of hydrogen-bond acceptors (Lipinski definition) is 4. The lowest BCUT2D eigenvalue weighted by molar-refractivity contribution is -0.148. The van der Waals surface area contributed by atoms with Gasteiger partial charge in [-0.3, -0.25) is 4.79 Å². The van der Waals surface area contributed by atoms with Crippen LogP contribution in [-0.4, -0.2) is 5.97 Å². The van der Waals surface area contributed by atoms with E-state index in [0.29, 0.717) is 23.5 Å². The van der Waals surface area contributed by atoms with E-state index < -0.39 is 12.1 Å². The second kappa shape index (κ2) is 8.27. The van der Waals surface area contributed by atoms with Gasteiger partial charge in [0.05, 0.1) is 5.92 Å². The van der Waals surface area contributed by atoms with E-state index in [9.17, 15) is 10.1 Å². The van der Waals surface area contributed by atoms with Crippen LogP contribution in [0.2, 0.25) is 0 Å². The third kappa shape index (κ3) is 4.78. The lowest BCUT2D eigenvalue weighted by Gasteiger charge is -2.13. The molecule has 1 aliphatic carbocycles. The minimum atomic E-state index is -1.00. The highest BCUT2D eigenvalue weighted by molar-refractivity contribution is 6.55. The van der Waals surface area contributed by atoms with E-state index in [1.54, 1.807) is 30.3 Å². The number of benzene rings is 2. The summed E-state index contributed by atoms with van der Waals surface area (Å²) in [6, 6.07) is 18.2. The van der Waals surface area contributed by atoms with Gasteiger partial charge in [0.15, 0.2) is 0 Å². The first-order valence-electron chi connectivity index (χ1n) is 8.02. The smallest absolute Gasteiger partial charge is 0.311 e. The van der Waals surface area contributed by atoms with Gasteiger partial charge in [-0.05, 0) is 36.6 Å². The van der Waals surface area contributed by atoms with Crippen LogP contribution in [-0.2, 0) is 9.53 Å². The SMILES string of the molecule is N#C[C@H](OC(=O)[C@@H]1C[C@@H]1C=C(Cl)Cl)c1cccc(Oc2ccccc2)c1. The van der Waals surface area contributed by atoms with Crippen LogP contribution in [0.3, 0.4) is 0 Å². The van der Waals surface area contributed by atoms with Crippen molar-refractivity contribution < 1.29 is 14.3 Å². The van der Waals surface area contributed by atoms with Crippen LogP contribution < -0.4 is 4.74 Å². The van der Waals surface area contributed by atoms with Gasteiger partial charge in [-0.2, -0.15) is 5.26 Å². The van der Waals surface area contributed by atoms with Crippen molar-refractivity contribution in [3.63, 3.8) is 0 Å². The zero-order valence-corrected chi connectivity index (χ0v) is 15.2. The van der Waals surface area contributed by atoms with Crippen LogP contribution in [0, 0.1) is 23.2 Å². The van der Waals surface area contributed by atoms with Crippen molar-refractivity contribution >= 4 is 29.2 Å². The lowest BCUT2D eigenvalue weighted by atomic mass is 10.1. The third-order valence-electron chi connectivity index (χ3n) is 3.97. The number of esters is 1. The highest BCUT2D eigenvalue weighted by Gasteiger charge is 2.43. The number of nitrogens with zero attached hydrogens (tertiary/aromatic N) is 1. The molecule has 2 aromatic rings. The van der Waals surface area contributed by atoms with E-state index >= 15 is 0 Å². The van der Waals surface area contributed by atoms with E-state index in [1.807, 2.05) is 36.4 Å². The molecule has 132 valence electrons. The summed E-state index contributed by atoms with van der Waals surface area (Å²) in [5, 5.41) is 9.40. The molecule has 0 aromatic heterocycles. The zero-order chi connectivity index (χ0) is 18.5. The van der Waals surface area contributed by atoms with Crippen molar-refractivity contribution in [1.29, 1.82) is 5.26 Å². The van der Waals surface area contributed by atoms with Gasteiger partial charge in [-0.15, -0.1) is 0 Å². The summed E-state index contributed by atoms with van der Waals surface area (Å²) >= 11 is 11.2. The molecule has 1 fully saturated rings. The number of carbonyl (C=O) groups is 1. The topological polar surface area (TPSA) is 59.3 Å². The summed E-state index contributed by atoms with van der Waals surface area (Å²) in [4.78, 5) is 12.2. The second-order valence-corrected chi connectivity index (χ2v) is 6.90. The van der Waals surface area contributed by atoms with Crippen molar-refractivity contribution in [2.75, 3.05) is 0 Å². The molecule has 4 nitrogen and oxygen atoms in total. The maximum Gasteiger partial charge on any atom is 0.311 e. The number of ether oxygens (including phenoxy) is 2. The molecule has 0 heterocycles. The molecule has 0 bridgehead atoms. The standard InChI is InChI=1S/C20H15Cl2NO3/c21-19(22)11-14-10-17(14)20(24)26-18(12-23)13-5-4-8-16(9-13)25-15-6-2-1-3-7-15/h1-9,11,14,17-18H,10H2/t14-,17-,18+/m1/s1. The minimum Gasteiger partial charge on any atom is -0.457 e. The first kappa shape index (κ1) is 18.3. The fraction of sp³-hybridized carbons (Fsp3) is 0.200. The molecule has 0 N–H and O–H groups in total. The molecule has 1 aliphatic rings. The Labute approximate surface area is 161 Å². The van der Waals surface area contributed by atoms with E-state index in [1.165, 1.54) is 0 Å². The zero-order valence-electron chi connectivity index (χ0n) is 13.6. The van der Waals surface area contributed by atoms with Gasteiger partial charge in [-0.25, -0.2) is 0 Å². The first-order chi connectivity index (χ1) is 12.6. The van der Waals surface area contributed by atoms with E-state index in [4.69, 9.17) is 32.7 Å². The number of rotatable bonds is 6. The first-order valence-corrected chi connectivity index (χ1v) is 8.78. The molecular formula is C20H15Cl2NO3. The Morgan fingerprint density at radius 3 is 2.58 bits per heavy atom. The van der Waals surface area contributed by atoms with Gasteiger partial charge < -0.3 is 9.47 Å². The number of para-hydroxylation sites is 1. The molecule has 0 amide bonds. The van der Waals surface area contributed by atoms with Crippen LogP contribution in [0.1, 0.15) is 18.1 Å². The summed E-state index contributed by atoms with van der Waals surface area (Å²) in [5.74, 6) is 0.482. The van der Waals surface area contributed by atoms with Gasteiger partial charge in [0.25, 0.3) is 0 Å². The van der Waals surface area contributed by atoms with Crippen molar-refractivity contribution in [1.82, 2.24) is 0 Å². The Hall–Kier alpha value is -2.48. The summed E-state index contributed by atoms with van der Waals surface area (Å²) < 4.78 is 11.2. The minimum absolute atomic E-state index is 0.0282. The van der Waals surface area contributed by atoms with Gasteiger partial charge in [0.1, 0.15) is 22.1 Å². The molecule has 0 spiro atoms. The Balaban J connectivity index is 1.67. The lowest BCUT2D eigenvalue weighted by Crippen LogP contribution is -2.12. The highest BCUT2D eigenvalue weighted by Crippen LogP contribution is 2.43. The summed E-state index contributed by atoms with van der Waals surface area (Å²) in [7, 11) is 0. The normalized spacial score (nSPS) is 19.0. The van der Waals surface area contributed by atoms with E-state index in [0.717, 1.165) is 0 Å². The maximum absolute atomic E-state index is 12.2. The molecule has 3 rings (SSSR count). The fourth-order valence-electron chi connectivity index (χ4n) is 2.57. The van der Waals surface area contributed by atoms with Gasteiger partial charge in [0, 0.05) is 5.56 Å². The van der Waals surface area contributed by atoms with Gasteiger partial charge in [-0.1, -0.05) is 59.6 Å². The highest BCUT2D eigenvalue weighted by atomic mass is 35.5. The summed E-state index contributed by atoms with van der Waals surface area (Å²) in [6.45, 7) is 0. The average Bonchev–Trinajstić information content (AvgIpc) is 3.39. The Bertz CT molecular complexity index is 857. The second-order valence-electron chi connectivity index (χ2n) is 5.90. The Morgan fingerprint density at radius 2 is 1.88 bits per heavy atom. The van der Waals surface area contributed by atoms with E-state index in [-0.39, 0.29) is 16.3 Å². The number of hydrogen-bond donors (Lipinski definition) is 0. The van der Waals surface area contributed by atoms with Gasteiger partial charge in [0.2, 0.25) is 6.10 Å².